The largest absolute Gasteiger partial charge is 0.345 e. The predicted molar refractivity (Wildman–Crippen MR) is 76.4 cm³/mol. The molecule has 0 saturated heterocycles. The van der Waals surface area contributed by atoms with E-state index in [9.17, 15) is 4.79 Å². The summed E-state index contributed by atoms with van der Waals surface area (Å²) in [5, 5.41) is 3.70. The van der Waals surface area contributed by atoms with E-state index in [1.54, 1.807) is 30.1 Å². The summed E-state index contributed by atoms with van der Waals surface area (Å²) < 4.78 is 1.65. The van der Waals surface area contributed by atoms with E-state index in [2.05, 4.69) is 22.1 Å². The Labute approximate surface area is 119 Å². The Morgan fingerprint density at radius 1 is 1.68 bits per heavy atom. The molecule has 0 radical (unpaired) electrons. The second-order valence-electron chi connectivity index (χ2n) is 3.64. The van der Waals surface area contributed by atoms with Gasteiger partial charge in [-0.15, -0.1) is 0 Å². The number of nitrogens with zero attached hydrogens (tertiary/aromatic N) is 2. The molecule has 5 nitrogen and oxygen atoms in total. The number of thiazole rings is 1. The monoisotopic (exact) mass is 294 g/mol. The van der Waals surface area contributed by atoms with Crippen molar-refractivity contribution in [1.29, 1.82) is 0 Å². The molecule has 7 heteroatoms. The average molecular weight is 295 g/mol. The molecule has 0 aromatic carbocycles. The van der Waals surface area contributed by atoms with E-state index in [0.29, 0.717) is 22.4 Å². The molecule has 0 aliphatic rings. The fourth-order valence-electron chi connectivity index (χ4n) is 1.44. The molecule has 2 aromatic heterocycles. The van der Waals surface area contributed by atoms with Crippen molar-refractivity contribution in [2.45, 2.75) is 0 Å². The van der Waals surface area contributed by atoms with Crippen molar-refractivity contribution < 1.29 is 4.79 Å². The van der Waals surface area contributed by atoms with Gasteiger partial charge in [0.25, 0.3) is 5.91 Å². The minimum Gasteiger partial charge on any atom is -0.345 e. The fraction of sp³-hybridized carbons (Fsp3) is 0.167. The Bertz CT molecular complexity index is 665. The molecule has 0 unspecified atom stereocenters. The van der Waals surface area contributed by atoms with Gasteiger partial charge >= 0.3 is 0 Å². The Hall–Kier alpha value is -1.81. The molecule has 0 atom stereocenters. The van der Waals surface area contributed by atoms with Crippen molar-refractivity contribution in [3.8, 4) is 11.8 Å². The van der Waals surface area contributed by atoms with Gasteiger partial charge in [-0.2, -0.15) is 0 Å². The SMILES string of the molecule is Cn1cc(Cl)cc1C(=O)Nc1ncc(C#CCN)s1. The minimum absolute atomic E-state index is 0.262. The minimum atomic E-state index is -0.262. The molecular formula is C12H11ClN4OS. The molecule has 0 spiro atoms. The predicted octanol–water partition coefficient (Wildman–Crippen LogP) is 1.70. The summed E-state index contributed by atoms with van der Waals surface area (Å²) in [5.74, 6) is 5.32. The van der Waals surface area contributed by atoms with Crippen molar-refractivity contribution in [2.24, 2.45) is 12.8 Å². The maximum absolute atomic E-state index is 12.0. The van der Waals surface area contributed by atoms with Gasteiger partial charge in [0.1, 0.15) is 5.69 Å². The molecule has 0 aliphatic carbocycles. The highest BCUT2D eigenvalue weighted by molar-refractivity contribution is 7.16. The molecule has 3 N–H and O–H groups in total. The van der Waals surface area contributed by atoms with E-state index in [0.717, 1.165) is 4.88 Å². The van der Waals surface area contributed by atoms with Crippen LogP contribution in [0.4, 0.5) is 5.13 Å². The van der Waals surface area contributed by atoms with Crippen molar-refractivity contribution in [3.05, 3.63) is 34.1 Å². The zero-order valence-electron chi connectivity index (χ0n) is 10.1. The number of nitrogens with one attached hydrogen (secondary N) is 1. The topological polar surface area (TPSA) is 72.9 Å². The summed E-state index contributed by atoms with van der Waals surface area (Å²) in [5.41, 5.74) is 5.75. The number of amides is 1. The third-order valence-corrected chi connectivity index (χ3v) is 3.28. The quantitative estimate of drug-likeness (QED) is 0.828. The van der Waals surface area contributed by atoms with E-state index in [1.807, 2.05) is 0 Å². The van der Waals surface area contributed by atoms with Crippen LogP contribution in [0.2, 0.25) is 5.02 Å². The van der Waals surface area contributed by atoms with E-state index >= 15 is 0 Å². The number of carbonyl (C=O) groups excluding carboxylic acids is 1. The highest BCUT2D eigenvalue weighted by atomic mass is 35.5. The number of hydrogen-bond acceptors (Lipinski definition) is 4. The molecule has 0 fully saturated rings. The van der Waals surface area contributed by atoms with Gasteiger partial charge in [0.05, 0.1) is 22.6 Å². The summed E-state index contributed by atoms with van der Waals surface area (Å²) in [7, 11) is 1.75. The summed E-state index contributed by atoms with van der Waals surface area (Å²) >= 11 is 7.12. The second kappa shape index (κ2) is 5.89. The van der Waals surface area contributed by atoms with Crippen LogP contribution >= 0.6 is 22.9 Å². The smallest absolute Gasteiger partial charge is 0.274 e. The molecule has 2 rings (SSSR count). The standard InChI is InChI=1S/C12H11ClN4OS/c1-17-7-8(13)5-10(17)11(18)16-12-15-6-9(19-12)3-2-4-14/h5-7H,4,14H2,1H3,(H,15,16,18). The third-order valence-electron chi connectivity index (χ3n) is 2.24. The number of rotatable bonds is 2. The van der Waals surface area contributed by atoms with Crippen LogP contribution in [0.15, 0.2) is 18.5 Å². The van der Waals surface area contributed by atoms with Crippen molar-refractivity contribution in [3.63, 3.8) is 0 Å². The first-order valence-corrected chi connectivity index (χ1v) is 6.57. The molecule has 1 amide bonds. The highest BCUT2D eigenvalue weighted by Gasteiger charge is 2.12. The zero-order valence-corrected chi connectivity index (χ0v) is 11.7. The van der Waals surface area contributed by atoms with E-state index in [4.69, 9.17) is 17.3 Å². The van der Waals surface area contributed by atoms with Gasteiger partial charge in [-0.3, -0.25) is 10.1 Å². The normalized spacial score (nSPS) is 9.84. The maximum Gasteiger partial charge on any atom is 0.274 e. The number of carbonyl (C=O) groups is 1. The fourth-order valence-corrected chi connectivity index (χ4v) is 2.37. The number of aromatic nitrogens is 2. The Morgan fingerprint density at radius 3 is 3.11 bits per heavy atom. The number of nitrogens with two attached hydrogens (primary N) is 1. The van der Waals surface area contributed by atoms with Crippen LogP contribution in [0.1, 0.15) is 15.4 Å². The highest BCUT2D eigenvalue weighted by Crippen LogP contribution is 2.19. The van der Waals surface area contributed by atoms with E-state index in [-0.39, 0.29) is 5.91 Å². The van der Waals surface area contributed by atoms with Crippen LogP contribution in [0, 0.1) is 11.8 Å². The number of halogens is 1. The van der Waals surface area contributed by atoms with Crippen LogP contribution in [-0.2, 0) is 7.05 Å². The van der Waals surface area contributed by atoms with Gasteiger partial charge in [-0.1, -0.05) is 34.8 Å². The molecule has 0 saturated carbocycles. The average Bonchev–Trinajstić information content (AvgIpc) is 2.93. The van der Waals surface area contributed by atoms with Gasteiger partial charge in [0, 0.05) is 13.2 Å². The molecule has 19 heavy (non-hydrogen) atoms. The van der Waals surface area contributed by atoms with Gasteiger partial charge in [0.2, 0.25) is 0 Å². The lowest BCUT2D eigenvalue weighted by Crippen LogP contribution is -2.14. The summed E-state index contributed by atoms with van der Waals surface area (Å²) in [6, 6.07) is 1.60. The Kier molecular flexibility index (Phi) is 4.22. The summed E-state index contributed by atoms with van der Waals surface area (Å²) in [6.07, 6.45) is 3.26. The number of aryl methyl sites for hydroxylation is 1. The first kappa shape index (κ1) is 13.6. The Morgan fingerprint density at radius 2 is 2.47 bits per heavy atom. The summed E-state index contributed by atoms with van der Waals surface area (Å²) in [6.45, 7) is 0.293. The molecule has 2 heterocycles. The van der Waals surface area contributed by atoms with Gasteiger partial charge in [-0.25, -0.2) is 4.98 Å². The second-order valence-corrected chi connectivity index (χ2v) is 5.11. The van der Waals surface area contributed by atoms with Gasteiger partial charge < -0.3 is 10.3 Å². The van der Waals surface area contributed by atoms with Crippen LogP contribution in [0.3, 0.4) is 0 Å². The van der Waals surface area contributed by atoms with Crippen molar-refractivity contribution in [2.75, 3.05) is 11.9 Å². The van der Waals surface area contributed by atoms with Gasteiger partial charge in [0.15, 0.2) is 5.13 Å². The van der Waals surface area contributed by atoms with Crippen molar-refractivity contribution in [1.82, 2.24) is 9.55 Å². The maximum atomic E-state index is 12.0. The van der Waals surface area contributed by atoms with Crippen LogP contribution < -0.4 is 11.1 Å². The lowest BCUT2D eigenvalue weighted by molar-refractivity contribution is 0.101. The van der Waals surface area contributed by atoms with Crippen LogP contribution in [-0.4, -0.2) is 22.0 Å². The first-order valence-electron chi connectivity index (χ1n) is 5.38. The molecular weight excluding hydrogens is 284 g/mol. The van der Waals surface area contributed by atoms with E-state index < -0.39 is 0 Å². The van der Waals surface area contributed by atoms with Crippen molar-refractivity contribution >= 4 is 34.0 Å². The molecule has 0 bridgehead atoms. The molecule has 98 valence electrons. The van der Waals surface area contributed by atoms with Gasteiger partial charge in [-0.05, 0) is 6.07 Å². The molecule has 0 aliphatic heterocycles. The number of anilines is 1. The zero-order chi connectivity index (χ0) is 13.8. The summed E-state index contributed by atoms with van der Waals surface area (Å²) in [4.78, 5) is 16.8. The molecule has 2 aromatic rings. The Balaban J connectivity index is 2.11. The van der Waals surface area contributed by atoms with E-state index in [1.165, 1.54) is 11.3 Å². The third kappa shape index (κ3) is 3.35. The lowest BCUT2D eigenvalue weighted by atomic mass is 10.4. The van der Waals surface area contributed by atoms with Crippen LogP contribution in [0.5, 0.6) is 0 Å². The van der Waals surface area contributed by atoms with Crippen LogP contribution in [0.25, 0.3) is 0 Å². The lowest BCUT2D eigenvalue weighted by Gasteiger charge is -2.01. The number of hydrogen-bond donors (Lipinski definition) is 2. The first-order chi connectivity index (χ1) is 9.10.